The molecule has 22 heavy (non-hydrogen) atoms. The van der Waals surface area contributed by atoms with E-state index >= 15 is 0 Å². The molecule has 0 aliphatic rings. The van der Waals surface area contributed by atoms with Crippen molar-refractivity contribution in [2.45, 2.75) is 6.42 Å². The van der Waals surface area contributed by atoms with Gasteiger partial charge in [0.15, 0.2) is 5.75 Å². The first-order valence-electron chi connectivity index (χ1n) is 6.87. The first kappa shape index (κ1) is 15.8. The highest BCUT2D eigenvalue weighted by Crippen LogP contribution is 2.30. The average molecular weight is 304 g/mol. The highest BCUT2D eigenvalue weighted by atomic mass is 19.1. The quantitative estimate of drug-likeness (QED) is 0.718. The number of hydrogen-bond acceptors (Lipinski definition) is 3. The predicted molar refractivity (Wildman–Crippen MR) is 81.6 cm³/mol. The van der Waals surface area contributed by atoms with Crippen molar-refractivity contribution < 1.29 is 19.0 Å². The number of hydrogen-bond donors (Lipinski definition) is 3. The van der Waals surface area contributed by atoms with Gasteiger partial charge in [-0.3, -0.25) is 0 Å². The number of urea groups is 1. The maximum atomic E-state index is 13.4. The Morgan fingerprint density at radius 3 is 2.68 bits per heavy atom. The third kappa shape index (κ3) is 4.75. The van der Waals surface area contributed by atoms with E-state index in [2.05, 4.69) is 10.6 Å². The van der Waals surface area contributed by atoms with Gasteiger partial charge in [-0.15, -0.1) is 0 Å². The van der Waals surface area contributed by atoms with E-state index in [1.807, 2.05) is 18.2 Å². The van der Waals surface area contributed by atoms with E-state index in [1.165, 1.54) is 18.2 Å². The van der Waals surface area contributed by atoms with Crippen LogP contribution in [0.5, 0.6) is 11.5 Å². The van der Waals surface area contributed by atoms with Crippen molar-refractivity contribution in [1.82, 2.24) is 5.32 Å². The maximum absolute atomic E-state index is 13.4. The van der Waals surface area contributed by atoms with Crippen LogP contribution in [0.15, 0.2) is 48.5 Å². The Labute approximate surface area is 127 Å². The Kier molecular flexibility index (Phi) is 5.73. The van der Waals surface area contributed by atoms with E-state index in [9.17, 15) is 9.18 Å². The molecule has 0 heterocycles. The van der Waals surface area contributed by atoms with Crippen LogP contribution in [0.3, 0.4) is 0 Å². The van der Waals surface area contributed by atoms with Gasteiger partial charge in [-0.05, 0) is 30.7 Å². The minimum absolute atomic E-state index is 0.0113. The van der Waals surface area contributed by atoms with Crippen molar-refractivity contribution in [1.29, 1.82) is 0 Å². The van der Waals surface area contributed by atoms with Gasteiger partial charge < -0.3 is 20.5 Å². The lowest BCUT2D eigenvalue weighted by atomic mass is 10.2. The van der Waals surface area contributed by atoms with Crippen LogP contribution in [-0.4, -0.2) is 24.3 Å². The lowest BCUT2D eigenvalue weighted by Gasteiger charge is -2.13. The summed E-state index contributed by atoms with van der Waals surface area (Å²) in [6.45, 7) is 0.315. The largest absolute Gasteiger partial charge is 0.455 e. The Morgan fingerprint density at radius 2 is 1.95 bits per heavy atom. The Bertz CT molecular complexity index is 620. The molecular weight excluding hydrogens is 287 g/mol. The van der Waals surface area contributed by atoms with Crippen molar-refractivity contribution >= 4 is 11.7 Å². The molecule has 6 heteroatoms. The fourth-order valence-corrected chi connectivity index (χ4v) is 1.75. The molecule has 116 valence electrons. The number of halogens is 1. The summed E-state index contributed by atoms with van der Waals surface area (Å²) >= 11 is 0. The van der Waals surface area contributed by atoms with E-state index in [4.69, 9.17) is 9.84 Å². The normalized spacial score (nSPS) is 10.1. The smallest absolute Gasteiger partial charge is 0.319 e. The molecular formula is C16H17FN2O3. The fraction of sp³-hybridized carbons (Fsp3) is 0.188. The predicted octanol–water partition coefficient (Wildman–Crippen LogP) is 3.12. The maximum Gasteiger partial charge on any atom is 0.319 e. The van der Waals surface area contributed by atoms with E-state index in [1.54, 1.807) is 12.1 Å². The molecule has 0 saturated heterocycles. The number of aliphatic hydroxyl groups excluding tert-OH is 1. The molecule has 2 amide bonds. The van der Waals surface area contributed by atoms with Crippen LogP contribution < -0.4 is 15.4 Å². The molecule has 0 unspecified atom stereocenters. The Hall–Kier alpha value is -2.60. The number of carbonyl (C=O) groups excluding carboxylic acids is 1. The number of ether oxygens (including phenoxy) is 1. The molecule has 2 aromatic carbocycles. The van der Waals surface area contributed by atoms with Crippen LogP contribution in [0.25, 0.3) is 0 Å². The van der Waals surface area contributed by atoms with Crippen LogP contribution in [-0.2, 0) is 0 Å². The molecule has 0 aliphatic carbocycles. The third-order valence-electron chi connectivity index (χ3n) is 2.78. The standard InChI is InChI=1S/C16H17FN2O3/c17-12-7-8-15(22-13-5-2-1-3-6-13)14(11-12)19-16(21)18-9-4-10-20/h1-3,5-8,11,20H,4,9-10H2,(H2,18,19,21). The zero-order chi connectivity index (χ0) is 15.8. The van der Waals surface area contributed by atoms with Crippen LogP contribution in [0, 0.1) is 5.82 Å². The number of carbonyl (C=O) groups is 1. The molecule has 0 radical (unpaired) electrons. The second-order valence-electron chi connectivity index (χ2n) is 4.51. The number of amides is 2. The van der Waals surface area contributed by atoms with Crippen LogP contribution in [0.1, 0.15) is 6.42 Å². The molecule has 5 nitrogen and oxygen atoms in total. The van der Waals surface area contributed by atoms with Gasteiger partial charge in [-0.2, -0.15) is 0 Å². The highest BCUT2D eigenvalue weighted by molar-refractivity contribution is 5.90. The fourth-order valence-electron chi connectivity index (χ4n) is 1.75. The van der Waals surface area contributed by atoms with Crippen molar-refractivity contribution in [2.75, 3.05) is 18.5 Å². The monoisotopic (exact) mass is 304 g/mol. The SMILES string of the molecule is O=C(NCCCO)Nc1cc(F)ccc1Oc1ccccc1. The van der Waals surface area contributed by atoms with Gasteiger partial charge in [0.05, 0.1) is 5.69 Å². The Morgan fingerprint density at radius 1 is 1.18 bits per heavy atom. The van der Waals surface area contributed by atoms with Gasteiger partial charge in [0, 0.05) is 19.2 Å². The first-order valence-corrected chi connectivity index (χ1v) is 6.87. The van der Waals surface area contributed by atoms with Crippen molar-refractivity contribution in [3.63, 3.8) is 0 Å². The van der Waals surface area contributed by atoms with E-state index in [-0.39, 0.29) is 12.3 Å². The third-order valence-corrected chi connectivity index (χ3v) is 2.78. The molecule has 0 aliphatic heterocycles. The van der Waals surface area contributed by atoms with Crippen molar-refractivity contribution in [2.24, 2.45) is 0 Å². The molecule has 0 bridgehead atoms. The molecule has 3 N–H and O–H groups in total. The van der Waals surface area contributed by atoms with Crippen LogP contribution >= 0.6 is 0 Å². The van der Waals surface area contributed by atoms with Gasteiger partial charge in [-0.1, -0.05) is 18.2 Å². The zero-order valence-corrected chi connectivity index (χ0v) is 11.9. The second kappa shape index (κ2) is 7.99. The number of anilines is 1. The topological polar surface area (TPSA) is 70.6 Å². The first-order chi connectivity index (χ1) is 10.7. The van der Waals surface area contributed by atoms with E-state index in [0.29, 0.717) is 24.5 Å². The van der Waals surface area contributed by atoms with E-state index < -0.39 is 11.8 Å². The molecule has 0 fully saturated rings. The summed E-state index contributed by atoms with van der Waals surface area (Å²) in [5.41, 5.74) is 0.227. The minimum atomic E-state index is -0.489. The zero-order valence-electron chi connectivity index (χ0n) is 11.9. The molecule has 0 atom stereocenters. The summed E-state index contributed by atoms with van der Waals surface area (Å²) in [5, 5.41) is 13.8. The molecule has 0 spiro atoms. The summed E-state index contributed by atoms with van der Waals surface area (Å²) < 4.78 is 19.0. The van der Waals surface area contributed by atoms with Gasteiger partial charge in [0.25, 0.3) is 0 Å². The summed E-state index contributed by atoms with van der Waals surface area (Å²) in [4.78, 5) is 11.7. The number of rotatable bonds is 6. The van der Waals surface area contributed by atoms with Crippen LogP contribution in [0.2, 0.25) is 0 Å². The van der Waals surface area contributed by atoms with Gasteiger partial charge in [0.2, 0.25) is 0 Å². The summed E-state index contributed by atoms with van der Waals surface area (Å²) in [5.74, 6) is 0.439. The number of nitrogens with one attached hydrogen (secondary N) is 2. The summed E-state index contributed by atoms with van der Waals surface area (Å²) in [6, 6.07) is 12.4. The highest BCUT2D eigenvalue weighted by Gasteiger charge is 2.10. The average Bonchev–Trinajstić information content (AvgIpc) is 2.51. The lowest BCUT2D eigenvalue weighted by Crippen LogP contribution is -2.30. The van der Waals surface area contributed by atoms with E-state index in [0.717, 1.165) is 0 Å². The van der Waals surface area contributed by atoms with Gasteiger partial charge in [0.1, 0.15) is 11.6 Å². The molecule has 2 rings (SSSR count). The van der Waals surface area contributed by atoms with Crippen molar-refractivity contribution in [3.05, 3.63) is 54.3 Å². The molecule has 0 saturated carbocycles. The lowest BCUT2D eigenvalue weighted by molar-refractivity contribution is 0.248. The Balaban J connectivity index is 2.09. The number of benzene rings is 2. The molecule has 0 aromatic heterocycles. The molecule has 2 aromatic rings. The summed E-state index contributed by atoms with van der Waals surface area (Å²) in [7, 11) is 0. The van der Waals surface area contributed by atoms with Crippen LogP contribution in [0.4, 0.5) is 14.9 Å². The van der Waals surface area contributed by atoms with Crippen molar-refractivity contribution in [3.8, 4) is 11.5 Å². The number of aliphatic hydroxyl groups is 1. The minimum Gasteiger partial charge on any atom is -0.455 e. The summed E-state index contributed by atoms with van der Waals surface area (Å²) in [6.07, 6.45) is 0.448. The number of para-hydroxylation sites is 1. The van der Waals surface area contributed by atoms with Gasteiger partial charge in [-0.25, -0.2) is 9.18 Å². The second-order valence-corrected chi connectivity index (χ2v) is 4.51. The van der Waals surface area contributed by atoms with Gasteiger partial charge >= 0.3 is 6.03 Å².